The highest BCUT2D eigenvalue weighted by Gasteiger charge is 2.24. The van der Waals surface area contributed by atoms with Crippen LogP contribution in [-0.2, 0) is 4.74 Å². The van der Waals surface area contributed by atoms with E-state index in [2.05, 4.69) is 44.8 Å². The lowest BCUT2D eigenvalue weighted by molar-refractivity contribution is -0.00492. The van der Waals surface area contributed by atoms with Crippen LogP contribution >= 0.6 is 0 Å². The van der Waals surface area contributed by atoms with Crippen LogP contribution in [0.25, 0.3) is 0 Å². The van der Waals surface area contributed by atoms with Crippen LogP contribution in [0, 0.1) is 0 Å². The van der Waals surface area contributed by atoms with E-state index >= 15 is 0 Å². The van der Waals surface area contributed by atoms with Gasteiger partial charge in [-0.1, -0.05) is 0 Å². The minimum Gasteiger partial charge on any atom is -0.379 e. The molecule has 4 heteroatoms. The Morgan fingerprint density at radius 3 is 2.12 bits per heavy atom. The molecule has 1 atom stereocenters. The first-order valence-electron chi connectivity index (χ1n) is 5.92. The Bertz CT molecular complexity index is 183. The smallest absolute Gasteiger partial charge is 0.0638 e. The number of hydrogen-bond acceptors (Lipinski definition) is 4. The Kier molecular flexibility index (Phi) is 7.15. The molecule has 0 rings (SSSR count). The van der Waals surface area contributed by atoms with E-state index in [-0.39, 0.29) is 5.60 Å². The van der Waals surface area contributed by atoms with E-state index in [0.29, 0.717) is 12.6 Å². The fraction of sp³-hybridized carbons (Fsp3) is 1.00. The van der Waals surface area contributed by atoms with E-state index in [0.717, 1.165) is 19.5 Å². The second kappa shape index (κ2) is 7.22. The summed E-state index contributed by atoms with van der Waals surface area (Å²) in [6.07, 6.45) is 0.962. The predicted octanol–water partition coefficient (Wildman–Crippen LogP) is 0.622. The van der Waals surface area contributed by atoms with E-state index in [1.54, 1.807) is 7.11 Å². The summed E-state index contributed by atoms with van der Waals surface area (Å²) in [5.41, 5.74) is 5.73. The first-order valence-corrected chi connectivity index (χ1v) is 5.92. The van der Waals surface area contributed by atoms with Crippen molar-refractivity contribution < 1.29 is 4.74 Å². The molecule has 0 aliphatic carbocycles. The Morgan fingerprint density at radius 2 is 1.75 bits per heavy atom. The maximum atomic E-state index is 5.83. The average molecular weight is 231 g/mol. The molecule has 0 spiro atoms. The molecular formula is C12H29N3O. The summed E-state index contributed by atoms with van der Waals surface area (Å²) in [5.74, 6) is 0. The lowest BCUT2D eigenvalue weighted by Gasteiger charge is -2.34. The van der Waals surface area contributed by atoms with Gasteiger partial charge in [0.1, 0.15) is 0 Å². The van der Waals surface area contributed by atoms with Crippen molar-refractivity contribution in [3.05, 3.63) is 0 Å². The highest BCUT2D eigenvalue weighted by Crippen LogP contribution is 2.17. The first-order chi connectivity index (χ1) is 7.32. The molecule has 0 saturated heterocycles. The summed E-state index contributed by atoms with van der Waals surface area (Å²) in [6, 6.07) is 0.384. The molecule has 0 saturated carbocycles. The van der Waals surface area contributed by atoms with Gasteiger partial charge in [0.25, 0.3) is 0 Å². The molecule has 98 valence electrons. The summed E-state index contributed by atoms with van der Waals surface area (Å²) < 4.78 is 5.45. The molecule has 0 aromatic heterocycles. The topological polar surface area (TPSA) is 41.7 Å². The first kappa shape index (κ1) is 15.8. The number of likely N-dealkylation sites (N-methyl/N-ethyl adjacent to an activating group) is 2. The third-order valence-corrected chi connectivity index (χ3v) is 3.08. The lowest BCUT2D eigenvalue weighted by atomic mass is 9.98. The molecule has 1 unspecified atom stereocenters. The average Bonchev–Trinajstić information content (AvgIpc) is 2.22. The normalized spacial score (nSPS) is 14.8. The number of ether oxygens (including phenoxy) is 1. The zero-order valence-electron chi connectivity index (χ0n) is 11.8. The number of nitrogens with two attached hydrogens (primary N) is 1. The maximum absolute atomic E-state index is 5.83. The lowest BCUT2D eigenvalue weighted by Crippen LogP contribution is -2.45. The van der Waals surface area contributed by atoms with E-state index in [4.69, 9.17) is 10.5 Å². The van der Waals surface area contributed by atoms with Crippen molar-refractivity contribution in [1.29, 1.82) is 0 Å². The minimum atomic E-state index is -0.101. The Morgan fingerprint density at radius 1 is 1.19 bits per heavy atom. The molecule has 0 bridgehead atoms. The maximum Gasteiger partial charge on any atom is 0.0638 e. The van der Waals surface area contributed by atoms with Gasteiger partial charge >= 0.3 is 0 Å². The Labute approximate surface area is 101 Å². The molecule has 16 heavy (non-hydrogen) atoms. The highest BCUT2D eigenvalue weighted by atomic mass is 16.5. The van der Waals surface area contributed by atoms with Crippen molar-refractivity contribution in [1.82, 2.24) is 9.80 Å². The summed E-state index contributed by atoms with van der Waals surface area (Å²) in [7, 11) is 8.06. The van der Waals surface area contributed by atoms with Gasteiger partial charge in [0.15, 0.2) is 0 Å². The van der Waals surface area contributed by atoms with E-state index in [1.165, 1.54) is 0 Å². The molecule has 0 aromatic carbocycles. The van der Waals surface area contributed by atoms with Crippen LogP contribution in [-0.4, -0.2) is 69.3 Å². The monoisotopic (exact) mass is 231 g/mol. The van der Waals surface area contributed by atoms with Crippen LogP contribution in [0.1, 0.15) is 20.3 Å². The number of methoxy groups -OCH3 is 1. The van der Waals surface area contributed by atoms with Crippen molar-refractivity contribution in [2.75, 3.05) is 47.9 Å². The highest BCUT2D eigenvalue weighted by molar-refractivity contribution is 4.80. The Hall–Kier alpha value is -0.160. The molecule has 0 aromatic rings. The largest absolute Gasteiger partial charge is 0.379 e. The van der Waals surface area contributed by atoms with Crippen LogP contribution < -0.4 is 5.73 Å². The van der Waals surface area contributed by atoms with Crippen LogP contribution in [0.4, 0.5) is 0 Å². The van der Waals surface area contributed by atoms with Gasteiger partial charge < -0.3 is 20.3 Å². The van der Waals surface area contributed by atoms with E-state index < -0.39 is 0 Å². The van der Waals surface area contributed by atoms with Crippen molar-refractivity contribution in [3.8, 4) is 0 Å². The van der Waals surface area contributed by atoms with E-state index in [1.807, 2.05) is 0 Å². The molecule has 0 fully saturated rings. The van der Waals surface area contributed by atoms with Gasteiger partial charge in [0.2, 0.25) is 0 Å². The summed E-state index contributed by atoms with van der Waals surface area (Å²) in [4.78, 5) is 4.51. The molecule has 2 N–H and O–H groups in total. The third-order valence-electron chi connectivity index (χ3n) is 3.08. The standard InChI is InChI=1S/C12H29N3O/c1-12(2,16-6)9-11(10-13)15(5)8-7-14(3)4/h11H,7-10,13H2,1-6H3. The predicted molar refractivity (Wildman–Crippen MR) is 69.7 cm³/mol. The molecule has 4 nitrogen and oxygen atoms in total. The number of hydrogen-bond donors (Lipinski definition) is 1. The molecular weight excluding hydrogens is 202 g/mol. The molecule has 0 aliphatic heterocycles. The SMILES string of the molecule is COC(C)(C)CC(CN)N(C)CCN(C)C. The third kappa shape index (κ3) is 6.43. The number of rotatable bonds is 8. The quantitative estimate of drug-likeness (QED) is 0.665. The molecule has 0 amide bonds. The van der Waals surface area contributed by atoms with Gasteiger partial charge in [0, 0.05) is 32.8 Å². The van der Waals surface area contributed by atoms with Crippen molar-refractivity contribution in [2.45, 2.75) is 31.9 Å². The van der Waals surface area contributed by atoms with Crippen LogP contribution in [0.15, 0.2) is 0 Å². The summed E-state index contributed by atoms with van der Waals surface area (Å²) in [5, 5.41) is 0. The van der Waals surface area contributed by atoms with Crippen LogP contribution in [0.3, 0.4) is 0 Å². The van der Waals surface area contributed by atoms with Gasteiger partial charge in [-0.25, -0.2) is 0 Å². The molecule has 0 heterocycles. The van der Waals surface area contributed by atoms with Gasteiger partial charge in [-0.3, -0.25) is 0 Å². The summed E-state index contributed by atoms with van der Waals surface area (Å²) in [6.45, 7) is 6.98. The Balaban J connectivity index is 4.16. The van der Waals surface area contributed by atoms with Gasteiger partial charge in [-0.15, -0.1) is 0 Å². The second-order valence-electron chi connectivity index (χ2n) is 5.34. The van der Waals surface area contributed by atoms with Crippen LogP contribution in [0.5, 0.6) is 0 Å². The fourth-order valence-corrected chi connectivity index (χ4v) is 1.61. The summed E-state index contributed by atoms with van der Waals surface area (Å²) >= 11 is 0. The zero-order valence-corrected chi connectivity index (χ0v) is 11.8. The van der Waals surface area contributed by atoms with Gasteiger partial charge in [-0.05, 0) is 41.4 Å². The van der Waals surface area contributed by atoms with Crippen molar-refractivity contribution in [3.63, 3.8) is 0 Å². The minimum absolute atomic E-state index is 0.101. The van der Waals surface area contributed by atoms with Gasteiger partial charge in [-0.2, -0.15) is 0 Å². The zero-order chi connectivity index (χ0) is 12.8. The van der Waals surface area contributed by atoms with E-state index in [9.17, 15) is 0 Å². The van der Waals surface area contributed by atoms with Crippen molar-refractivity contribution >= 4 is 0 Å². The fourth-order valence-electron chi connectivity index (χ4n) is 1.61. The second-order valence-corrected chi connectivity index (χ2v) is 5.34. The van der Waals surface area contributed by atoms with Crippen molar-refractivity contribution in [2.24, 2.45) is 5.73 Å². The molecule has 0 aliphatic rings. The van der Waals surface area contributed by atoms with Crippen LogP contribution in [0.2, 0.25) is 0 Å². The van der Waals surface area contributed by atoms with Gasteiger partial charge in [0.05, 0.1) is 5.60 Å². The molecule has 0 radical (unpaired) electrons. The number of nitrogens with zero attached hydrogens (tertiary/aromatic N) is 2.